The maximum absolute atomic E-state index is 11.1. The molecular formula is C29H50O2. The van der Waals surface area contributed by atoms with E-state index < -0.39 is 11.7 Å². The summed E-state index contributed by atoms with van der Waals surface area (Å²) in [6.07, 6.45) is 14.8. The minimum atomic E-state index is -1.10. The van der Waals surface area contributed by atoms with Crippen molar-refractivity contribution in [3.05, 3.63) is 12.7 Å². The molecule has 0 saturated heterocycles. The Bertz CT molecular complexity index is 657. The molecule has 0 amide bonds. The molecule has 0 aromatic rings. The quantitative estimate of drug-likeness (QED) is 0.446. The summed E-state index contributed by atoms with van der Waals surface area (Å²) in [4.78, 5) is 0. The van der Waals surface area contributed by atoms with Gasteiger partial charge in [0.15, 0.2) is 0 Å². The Kier molecular flexibility index (Phi) is 6.50. The predicted octanol–water partition coefficient (Wildman–Crippen LogP) is 7.00. The molecule has 2 N–H and O–H groups in total. The molecule has 4 aliphatic rings. The van der Waals surface area contributed by atoms with E-state index >= 15 is 0 Å². The number of hydrogen-bond acceptors (Lipinski definition) is 2. The molecule has 0 heterocycles. The first-order chi connectivity index (χ1) is 14.5. The molecule has 31 heavy (non-hydrogen) atoms. The zero-order valence-electron chi connectivity index (χ0n) is 21.1. The van der Waals surface area contributed by atoms with Gasteiger partial charge in [0.1, 0.15) is 5.60 Å². The second-order valence-electron chi connectivity index (χ2n) is 13.3. The second kappa shape index (κ2) is 8.46. The number of aliphatic hydroxyl groups excluding tert-OH is 1. The largest absolute Gasteiger partial charge is 0.390 e. The van der Waals surface area contributed by atoms with Crippen molar-refractivity contribution in [3.63, 3.8) is 0 Å². The predicted molar refractivity (Wildman–Crippen MR) is 130 cm³/mol. The van der Waals surface area contributed by atoms with Crippen LogP contribution in [-0.4, -0.2) is 21.9 Å². The first-order valence-electron chi connectivity index (χ1n) is 13.6. The molecule has 4 rings (SSSR count). The first kappa shape index (κ1) is 23.8. The first-order valence-corrected chi connectivity index (χ1v) is 13.6. The third kappa shape index (κ3) is 3.86. The van der Waals surface area contributed by atoms with Gasteiger partial charge in [-0.2, -0.15) is 0 Å². The lowest BCUT2D eigenvalue weighted by atomic mass is 9.43. The molecule has 0 spiro atoms. The van der Waals surface area contributed by atoms with Gasteiger partial charge in [0.25, 0.3) is 0 Å². The van der Waals surface area contributed by atoms with E-state index in [-0.39, 0.29) is 5.41 Å². The SMILES string of the molecule is C=CC1(O)C[C@@]2(C)[C@H](CC[C@@H]3[C@@H]2CC[C@]2(C)[C@@H]([C@H](C)CCCC(C)C)CC[C@@H]32)C[C@@H]1O. The molecule has 10 atom stereocenters. The van der Waals surface area contributed by atoms with Gasteiger partial charge >= 0.3 is 0 Å². The van der Waals surface area contributed by atoms with Crippen molar-refractivity contribution in [3.8, 4) is 0 Å². The molecule has 0 bridgehead atoms. The van der Waals surface area contributed by atoms with Gasteiger partial charge in [-0.05, 0) is 104 Å². The van der Waals surface area contributed by atoms with E-state index in [1.165, 1.54) is 57.8 Å². The van der Waals surface area contributed by atoms with E-state index in [0.29, 0.717) is 23.7 Å². The van der Waals surface area contributed by atoms with E-state index in [4.69, 9.17) is 0 Å². The van der Waals surface area contributed by atoms with Crippen LogP contribution in [0.5, 0.6) is 0 Å². The summed E-state index contributed by atoms with van der Waals surface area (Å²) < 4.78 is 0. The van der Waals surface area contributed by atoms with Crippen LogP contribution >= 0.6 is 0 Å². The van der Waals surface area contributed by atoms with Crippen LogP contribution < -0.4 is 0 Å². The fraction of sp³-hybridized carbons (Fsp3) is 0.931. The highest BCUT2D eigenvalue weighted by Crippen LogP contribution is 2.69. The van der Waals surface area contributed by atoms with Crippen molar-refractivity contribution in [1.29, 1.82) is 0 Å². The van der Waals surface area contributed by atoms with Crippen molar-refractivity contribution < 1.29 is 10.2 Å². The second-order valence-corrected chi connectivity index (χ2v) is 13.3. The lowest BCUT2D eigenvalue weighted by Crippen LogP contribution is -2.60. The molecule has 2 heteroatoms. The number of fused-ring (bicyclic) bond motifs is 5. The Morgan fingerprint density at radius 3 is 2.35 bits per heavy atom. The summed E-state index contributed by atoms with van der Waals surface area (Å²) in [5.74, 6) is 5.53. The normalized spacial score (nSPS) is 50.5. The van der Waals surface area contributed by atoms with Gasteiger partial charge < -0.3 is 10.2 Å². The van der Waals surface area contributed by atoms with Crippen molar-refractivity contribution in [2.24, 2.45) is 52.3 Å². The Morgan fingerprint density at radius 1 is 0.968 bits per heavy atom. The third-order valence-electron chi connectivity index (χ3n) is 11.4. The van der Waals surface area contributed by atoms with Crippen molar-refractivity contribution in [2.45, 2.75) is 117 Å². The standard InChI is InChI=1S/C29H50O2/c1-7-29(31)18-28(6)21(17-26(29)30)11-12-22-24-14-13-23(20(4)10-8-9-19(2)3)27(24,5)16-15-25(22)28/h7,19-26,30-31H,1,8-18H2,2-6H3/t20-,21-,22+,23-,24+,25+,26+,27-,28+,29?/m1/s1. The number of rotatable bonds is 6. The highest BCUT2D eigenvalue weighted by atomic mass is 16.3. The minimum absolute atomic E-state index is 0.146. The van der Waals surface area contributed by atoms with E-state index in [1.54, 1.807) is 6.08 Å². The topological polar surface area (TPSA) is 40.5 Å². The highest BCUT2D eigenvalue weighted by molar-refractivity contribution is 5.16. The van der Waals surface area contributed by atoms with Crippen LogP contribution in [0.25, 0.3) is 0 Å². The lowest BCUT2D eigenvalue weighted by molar-refractivity contribution is -0.184. The van der Waals surface area contributed by atoms with E-state index in [0.717, 1.165) is 36.0 Å². The monoisotopic (exact) mass is 430 g/mol. The molecule has 1 unspecified atom stereocenters. The van der Waals surface area contributed by atoms with Crippen LogP contribution in [0.1, 0.15) is 105 Å². The molecule has 4 saturated carbocycles. The van der Waals surface area contributed by atoms with Crippen LogP contribution in [-0.2, 0) is 0 Å². The van der Waals surface area contributed by atoms with E-state index in [2.05, 4.69) is 41.2 Å². The summed E-state index contributed by atoms with van der Waals surface area (Å²) in [6, 6.07) is 0. The molecule has 178 valence electrons. The number of aliphatic hydroxyl groups is 2. The van der Waals surface area contributed by atoms with Gasteiger partial charge in [-0.1, -0.05) is 60.0 Å². The third-order valence-corrected chi connectivity index (χ3v) is 11.4. The van der Waals surface area contributed by atoms with Gasteiger partial charge in [-0.15, -0.1) is 6.58 Å². The Labute approximate surface area is 192 Å². The van der Waals surface area contributed by atoms with Crippen LogP contribution in [0.2, 0.25) is 0 Å². The average molecular weight is 431 g/mol. The fourth-order valence-electron chi connectivity index (χ4n) is 9.63. The van der Waals surface area contributed by atoms with Gasteiger partial charge in [0, 0.05) is 0 Å². The highest BCUT2D eigenvalue weighted by Gasteiger charge is 2.63. The summed E-state index contributed by atoms with van der Waals surface area (Å²) in [5, 5.41) is 21.8. The van der Waals surface area contributed by atoms with Gasteiger partial charge in [-0.25, -0.2) is 0 Å². The van der Waals surface area contributed by atoms with E-state index in [1.807, 2.05) is 0 Å². The zero-order valence-corrected chi connectivity index (χ0v) is 21.1. The van der Waals surface area contributed by atoms with Crippen molar-refractivity contribution >= 4 is 0 Å². The average Bonchev–Trinajstić information content (AvgIpc) is 3.06. The Morgan fingerprint density at radius 2 is 1.68 bits per heavy atom. The lowest BCUT2D eigenvalue weighted by Gasteiger charge is -2.63. The Balaban J connectivity index is 1.51. The molecule has 0 aromatic carbocycles. The number of hydrogen-bond donors (Lipinski definition) is 2. The smallest absolute Gasteiger partial charge is 0.109 e. The summed E-state index contributed by atoms with van der Waals surface area (Å²) in [7, 11) is 0. The zero-order chi connectivity index (χ0) is 22.6. The van der Waals surface area contributed by atoms with Crippen molar-refractivity contribution in [1.82, 2.24) is 0 Å². The van der Waals surface area contributed by atoms with Gasteiger partial charge in [-0.3, -0.25) is 0 Å². The van der Waals surface area contributed by atoms with E-state index in [9.17, 15) is 10.2 Å². The molecule has 2 nitrogen and oxygen atoms in total. The van der Waals surface area contributed by atoms with Crippen LogP contribution in [0, 0.1) is 52.3 Å². The molecule has 4 aliphatic carbocycles. The molecule has 0 radical (unpaired) electrons. The van der Waals surface area contributed by atoms with Crippen LogP contribution in [0.3, 0.4) is 0 Å². The summed E-state index contributed by atoms with van der Waals surface area (Å²) in [5.41, 5.74) is -0.436. The van der Waals surface area contributed by atoms with Crippen LogP contribution in [0.4, 0.5) is 0 Å². The molecular weight excluding hydrogens is 380 g/mol. The van der Waals surface area contributed by atoms with Gasteiger partial charge in [0.2, 0.25) is 0 Å². The summed E-state index contributed by atoms with van der Waals surface area (Å²) in [6.45, 7) is 16.3. The minimum Gasteiger partial charge on any atom is -0.390 e. The van der Waals surface area contributed by atoms with Gasteiger partial charge in [0.05, 0.1) is 6.10 Å². The van der Waals surface area contributed by atoms with Crippen molar-refractivity contribution in [2.75, 3.05) is 0 Å². The fourth-order valence-corrected chi connectivity index (χ4v) is 9.63. The molecule has 4 fully saturated rings. The maximum atomic E-state index is 11.1. The van der Waals surface area contributed by atoms with Crippen LogP contribution in [0.15, 0.2) is 12.7 Å². The molecule has 0 aliphatic heterocycles. The Hall–Kier alpha value is -0.340. The maximum Gasteiger partial charge on any atom is 0.109 e. The molecule has 0 aromatic heterocycles. The summed E-state index contributed by atoms with van der Waals surface area (Å²) >= 11 is 0.